The number of hydrogen-bond acceptors (Lipinski definition) is 4. The first kappa shape index (κ1) is 26.8. The van der Waals surface area contributed by atoms with Crippen LogP contribution in [0, 0.1) is 24.2 Å². The SMILES string of the molecule is C#CCn1c(=NC(=O)c2ccc(S(=O)(=O)N(CC(C)C)CC(C)C)cc2)sc2c3ccccc3ccc21. The highest BCUT2D eigenvalue weighted by atomic mass is 32.2. The lowest BCUT2D eigenvalue weighted by atomic mass is 10.1. The van der Waals surface area contributed by atoms with Crippen LogP contribution in [-0.2, 0) is 16.6 Å². The Balaban J connectivity index is 1.71. The largest absolute Gasteiger partial charge is 0.305 e. The fraction of sp³-hybridized carbons (Fsp3) is 0.310. The summed E-state index contributed by atoms with van der Waals surface area (Å²) in [5.74, 6) is 2.59. The van der Waals surface area contributed by atoms with Crippen LogP contribution in [0.25, 0.3) is 21.0 Å². The van der Waals surface area contributed by atoms with Crippen LogP contribution in [0.4, 0.5) is 0 Å². The van der Waals surface area contributed by atoms with Gasteiger partial charge in [-0.2, -0.15) is 9.30 Å². The lowest BCUT2D eigenvalue weighted by Crippen LogP contribution is -2.37. The number of sulfonamides is 1. The van der Waals surface area contributed by atoms with E-state index < -0.39 is 15.9 Å². The highest BCUT2D eigenvalue weighted by molar-refractivity contribution is 7.89. The van der Waals surface area contributed by atoms with E-state index in [1.165, 1.54) is 39.9 Å². The molecule has 0 aliphatic carbocycles. The van der Waals surface area contributed by atoms with E-state index in [1.54, 1.807) is 0 Å². The van der Waals surface area contributed by atoms with Crippen LogP contribution < -0.4 is 4.80 Å². The molecule has 4 rings (SSSR count). The third-order valence-electron chi connectivity index (χ3n) is 5.90. The molecule has 6 nitrogen and oxygen atoms in total. The molecule has 0 radical (unpaired) electrons. The molecule has 37 heavy (non-hydrogen) atoms. The molecule has 0 saturated heterocycles. The first-order chi connectivity index (χ1) is 17.6. The van der Waals surface area contributed by atoms with Crippen LogP contribution in [0.2, 0.25) is 0 Å². The molecule has 1 heterocycles. The molecule has 0 spiro atoms. The molecule has 0 atom stereocenters. The molecule has 0 unspecified atom stereocenters. The lowest BCUT2D eigenvalue weighted by Gasteiger charge is -2.25. The normalized spacial score (nSPS) is 12.8. The van der Waals surface area contributed by atoms with Crippen molar-refractivity contribution in [1.82, 2.24) is 8.87 Å². The Kier molecular flexibility index (Phi) is 7.98. The van der Waals surface area contributed by atoms with Gasteiger partial charge in [0.05, 0.1) is 21.7 Å². The Morgan fingerprint density at radius 1 is 1.00 bits per heavy atom. The molecule has 4 aromatic rings. The van der Waals surface area contributed by atoms with Crippen molar-refractivity contribution in [1.29, 1.82) is 0 Å². The van der Waals surface area contributed by atoms with Crippen molar-refractivity contribution in [2.75, 3.05) is 13.1 Å². The van der Waals surface area contributed by atoms with Gasteiger partial charge in [0.2, 0.25) is 10.0 Å². The molecule has 0 aliphatic heterocycles. The van der Waals surface area contributed by atoms with Crippen LogP contribution >= 0.6 is 11.3 Å². The van der Waals surface area contributed by atoms with Gasteiger partial charge in [-0.3, -0.25) is 4.79 Å². The molecular weight excluding hydrogens is 502 g/mol. The molecule has 0 saturated carbocycles. The minimum Gasteiger partial charge on any atom is -0.305 e. The number of aromatic nitrogens is 1. The number of carbonyl (C=O) groups is 1. The van der Waals surface area contributed by atoms with E-state index in [0.717, 1.165) is 21.0 Å². The highest BCUT2D eigenvalue weighted by Gasteiger charge is 2.26. The van der Waals surface area contributed by atoms with Gasteiger partial charge in [-0.05, 0) is 47.6 Å². The standard InChI is InChI=1S/C29H31N3O3S2/c1-6-17-32-26-16-13-22-9-7-8-10-25(22)27(26)36-29(32)30-28(33)23-11-14-24(15-12-23)37(34,35)31(18-20(2)3)19-21(4)5/h1,7-16,20-21H,17-19H2,2-5H3. The van der Waals surface area contributed by atoms with Gasteiger partial charge in [0, 0.05) is 24.0 Å². The summed E-state index contributed by atoms with van der Waals surface area (Å²) in [7, 11) is -3.68. The lowest BCUT2D eigenvalue weighted by molar-refractivity contribution is 0.0998. The van der Waals surface area contributed by atoms with Crippen LogP contribution in [0.5, 0.6) is 0 Å². The number of nitrogens with zero attached hydrogens (tertiary/aromatic N) is 3. The van der Waals surface area contributed by atoms with Crippen molar-refractivity contribution in [2.24, 2.45) is 16.8 Å². The third-order valence-corrected chi connectivity index (χ3v) is 8.87. The van der Waals surface area contributed by atoms with Gasteiger partial charge >= 0.3 is 0 Å². The predicted octanol–water partition coefficient (Wildman–Crippen LogP) is 5.53. The Labute approximate surface area is 222 Å². The Hall–Kier alpha value is -3.25. The number of terminal acetylenes is 1. The second-order valence-electron chi connectivity index (χ2n) is 9.86. The zero-order valence-corrected chi connectivity index (χ0v) is 23.1. The predicted molar refractivity (Wildman–Crippen MR) is 151 cm³/mol. The van der Waals surface area contributed by atoms with Crippen molar-refractivity contribution >= 4 is 48.3 Å². The molecule has 0 bridgehead atoms. The van der Waals surface area contributed by atoms with E-state index in [2.05, 4.69) is 10.9 Å². The molecule has 192 valence electrons. The van der Waals surface area contributed by atoms with Gasteiger partial charge in [0.15, 0.2) is 4.80 Å². The number of hydrogen-bond donors (Lipinski definition) is 0. The maximum absolute atomic E-state index is 13.3. The van der Waals surface area contributed by atoms with Crippen LogP contribution in [-0.4, -0.2) is 36.3 Å². The summed E-state index contributed by atoms with van der Waals surface area (Å²) in [4.78, 5) is 18.2. The third kappa shape index (κ3) is 5.69. The van der Waals surface area contributed by atoms with Gasteiger partial charge in [0.1, 0.15) is 0 Å². The van der Waals surface area contributed by atoms with Crippen molar-refractivity contribution in [3.05, 3.63) is 71.0 Å². The zero-order valence-electron chi connectivity index (χ0n) is 21.5. The molecular formula is C29H31N3O3S2. The van der Waals surface area contributed by atoms with E-state index >= 15 is 0 Å². The summed E-state index contributed by atoms with van der Waals surface area (Å²) < 4.78 is 31.0. The van der Waals surface area contributed by atoms with Crippen LogP contribution in [0.3, 0.4) is 0 Å². The second kappa shape index (κ2) is 11.0. The van der Waals surface area contributed by atoms with Crippen molar-refractivity contribution in [3.63, 3.8) is 0 Å². The van der Waals surface area contributed by atoms with Crippen LogP contribution in [0.15, 0.2) is 70.6 Å². The highest BCUT2D eigenvalue weighted by Crippen LogP contribution is 2.27. The molecule has 1 aromatic heterocycles. The Bertz CT molecular complexity index is 1640. The first-order valence-electron chi connectivity index (χ1n) is 12.3. The molecule has 0 fully saturated rings. The maximum atomic E-state index is 13.3. The van der Waals surface area contributed by atoms with Gasteiger partial charge < -0.3 is 4.57 Å². The monoisotopic (exact) mass is 533 g/mol. The fourth-order valence-electron chi connectivity index (χ4n) is 4.28. The fourth-order valence-corrected chi connectivity index (χ4v) is 7.21. The molecule has 8 heteroatoms. The minimum absolute atomic E-state index is 0.168. The number of thiazole rings is 1. The topological polar surface area (TPSA) is 71.7 Å². The molecule has 1 amide bonds. The van der Waals surface area contributed by atoms with Crippen molar-refractivity contribution in [3.8, 4) is 12.3 Å². The Morgan fingerprint density at radius 2 is 1.65 bits per heavy atom. The number of rotatable bonds is 8. The maximum Gasteiger partial charge on any atom is 0.279 e. The van der Waals surface area contributed by atoms with Gasteiger partial charge in [0.25, 0.3) is 5.91 Å². The minimum atomic E-state index is -3.68. The number of carbonyl (C=O) groups excluding carboxylic acids is 1. The van der Waals surface area contributed by atoms with Crippen molar-refractivity contribution in [2.45, 2.75) is 39.1 Å². The van der Waals surface area contributed by atoms with Crippen molar-refractivity contribution < 1.29 is 13.2 Å². The van der Waals surface area contributed by atoms with E-state index in [0.29, 0.717) is 23.5 Å². The average molecular weight is 534 g/mol. The molecule has 0 aliphatic rings. The van der Waals surface area contributed by atoms with Crippen LogP contribution in [0.1, 0.15) is 38.1 Å². The van der Waals surface area contributed by atoms with Gasteiger partial charge in [-0.25, -0.2) is 8.42 Å². The number of benzene rings is 3. The summed E-state index contributed by atoms with van der Waals surface area (Å²) in [6.45, 7) is 9.14. The summed E-state index contributed by atoms with van der Waals surface area (Å²) >= 11 is 1.42. The first-order valence-corrected chi connectivity index (χ1v) is 14.5. The van der Waals surface area contributed by atoms with E-state index in [-0.39, 0.29) is 23.3 Å². The van der Waals surface area contributed by atoms with Gasteiger partial charge in [-0.1, -0.05) is 75.3 Å². The number of fused-ring (bicyclic) bond motifs is 3. The smallest absolute Gasteiger partial charge is 0.279 e. The average Bonchev–Trinajstić information content (AvgIpc) is 3.20. The summed E-state index contributed by atoms with van der Waals surface area (Å²) in [6, 6.07) is 18.1. The number of amides is 1. The summed E-state index contributed by atoms with van der Waals surface area (Å²) in [5, 5.41) is 2.18. The van der Waals surface area contributed by atoms with Gasteiger partial charge in [-0.15, -0.1) is 6.42 Å². The van der Waals surface area contributed by atoms with E-state index in [1.807, 2.05) is 68.7 Å². The summed E-state index contributed by atoms with van der Waals surface area (Å²) in [6.07, 6.45) is 5.62. The summed E-state index contributed by atoms with van der Waals surface area (Å²) in [5.41, 5.74) is 1.23. The Morgan fingerprint density at radius 3 is 2.27 bits per heavy atom. The quantitative estimate of drug-likeness (QED) is 0.280. The molecule has 3 aromatic carbocycles. The van der Waals surface area contributed by atoms with E-state index in [4.69, 9.17) is 6.42 Å². The second-order valence-corrected chi connectivity index (χ2v) is 12.8. The van der Waals surface area contributed by atoms with E-state index in [9.17, 15) is 13.2 Å². The molecule has 0 N–H and O–H groups in total. The zero-order chi connectivity index (χ0) is 26.7.